The predicted molar refractivity (Wildman–Crippen MR) is 77.7 cm³/mol. The number of ether oxygens (including phenoxy) is 2. The van der Waals surface area contributed by atoms with Crippen LogP contribution in [0, 0.1) is 0 Å². The molecule has 19 heavy (non-hydrogen) atoms. The maximum absolute atomic E-state index is 5.76. The molecule has 0 spiro atoms. The average molecular weight is 267 g/mol. The summed E-state index contributed by atoms with van der Waals surface area (Å²) in [6.07, 6.45) is 0. The lowest BCUT2D eigenvalue weighted by Crippen LogP contribution is -2.36. The summed E-state index contributed by atoms with van der Waals surface area (Å²) < 4.78 is 11.3. The first kappa shape index (κ1) is 15.8. The number of hydrogen-bond acceptors (Lipinski definition) is 5. The summed E-state index contributed by atoms with van der Waals surface area (Å²) in [5, 5.41) is 0. The van der Waals surface area contributed by atoms with Crippen LogP contribution in [-0.2, 0) is 0 Å². The number of para-hydroxylation sites is 2. The van der Waals surface area contributed by atoms with Gasteiger partial charge in [0.05, 0.1) is 6.61 Å². The summed E-state index contributed by atoms with van der Waals surface area (Å²) >= 11 is 0. The largest absolute Gasteiger partial charge is 0.490 e. The fourth-order valence-corrected chi connectivity index (χ4v) is 1.83. The molecule has 0 amide bonds. The molecule has 0 heterocycles. The van der Waals surface area contributed by atoms with Crippen LogP contribution in [-0.4, -0.2) is 50.8 Å². The van der Waals surface area contributed by atoms with Gasteiger partial charge >= 0.3 is 0 Å². The Morgan fingerprint density at radius 3 is 2.05 bits per heavy atom. The molecule has 108 valence electrons. The molecule has 0 radical (unpaired) electrons. The van der Waals surface area contributed by atoms with Gasteiger partial charge < -0.3 is 20.9 Å². The summed E-state index contributed by atoms with van der Waals surface area (Å²) in [6.45, 7) is 6.96. The Balaban J connectivity index is 2.42. The zero-order chi connectivity index (χ0) is 13.9. The molecule has 0 atom stereocenters. The van der Waals surface area contributed by atoms with E-state index in [0.717, 1.165) is 31.1 Å². The molecule has 1 rings (SSSR count). The second kappa shape index (κ2) is 9.61. The lowest BCUT2D eigenvalue weighted by atomic mass is 10.3. The number of nitrogens with two attached hydrogens (primary N) is 2. The van der Waals surface area contributed by atoms with Crippen molar-refractivity contribution < 1.29 is 9.47 Å². The maximum atomic E-state index is 5.76. The second-order valence-electron chi connectivity index (χ2n) is 4.15. The molecular formula is C14H25N3O2. The minimum atomic E-state index is 0.601. The molecule has 5 nitrogen and oxygen atoms in total. The van der Waals surface area contributed by atoms with Gasteiger partial charge in [-0.05, 0) is 19.1 Å². The SMILES string of the molecule is CCOc1ccccc1OCCN(CCN)CCN. The maximum Gasteiger partial charge on any atom is 0.161 e. The van der Waals surface area contributed by atoms with E-state index in [0.29, 0.717) is 26.3 Å². The molecule has 0 aliphatic heterocycles. The molecule has 0 unspecified atom stereocenters. The quantitative estimate of drug-likeness (QED) is 0.652. The first-order valence-corrected chi connectivity index (χ1v) is 6.79. The molecule has 1 aromatic carbocycles. The average Bonchev–Trinajstić information content (AvgIpc) is 2.41. The Hall–Kier alpha value is -1.30. The van der Waals surface area contributed by atoms with E-state index in [4.69, 9.17) is 20.9 Å². The minimum absolute atomic E-state index is 0.601. The fourth-order valence-electron chi connectivity index (χ4n) is 1.83. The van der Waals surface area contributed by atoms with E-state index < -0.39 is 0 Å². The standard InChI is InChI=1S/C14H25N3O2/c1-2-18-13-5-3-4-6-14(13)19-12-11-17(9-7-15)10-8-16/h3-6H,2,7-12,15-16H2,1H3. The fraction of sp³-hybridized carbons (Fsp3) is 0.571. The van der Waals surface area contributed by atoms with Crippen LogP contribution in [0.2, 0.25) is 0 Å². The van der Waals surface area contributed by atoms with Crippen LogP contribution in [0.4, 0.5) is 0 Å². The van der Waals surface area contributed by atoms with E-state index in [1.165, 1.54) is 0 Å². The Bertz CT molecular complexity index is 341. The third-order valence-electron chi connectivity index (χ3n) is 2.70. The third-order valence-corrected chi connectivity index (χ3v) is 2.70. The van der Waals surface area contributed by atoms with Crippen LogP contribution in [0.1, 0.15) is 6.92 Å². The van der Waals surface area contributed by atoms with Gasteiger partial charge in [0.2, 0.25) is 0 Å². The topological polar surface area (TPSA) is 73.7 Å². The zero-order valence-electron chi connectivity index (χ0n) is 11.7. The van der Waals surface area contributed by atoms with Crippen molar-refractivity contribution in [2.24, 2.45) is 11.5 Å². The minimum Gasteiger partial charge on any atom is -0.490 e. The summed E-state index contributed by atoms with van der Waals surface area (Å²) in [6, 6.07) is 7.71. The van der Waals surface area contributed by atoms with Gasteiger partial charge in [-0.25, -0.2) is 0 Å². The number of benzene rings is 1. The van der Waals surface area contributed by atoms with Crippen molar-refractivity contribution in [3.8, 4) is 11.5 Å². The Labute approximate surface area is 115 Å². The molecule has 0 fully saturated rings. The van der Waals surface area contributed by atoms with E-state index in [2.05, 4.69) is 4.90 Å². The monoisotopic (exact) mass is 267 g/mol. The van der Waals surface area contributed by atoms with Gasteiger partial charge in [-0.1, -0.05) is 12.1 Å². The normalized spacial score (nSPS) is 10.7. The van der Waals surface area contributed by atoms with E-state index in [1.807, 2.05) is 31.2 Å². The van der Waals surface area contributed by atoms with Gasteiger partial charge in [0, 0.05) is 32.7 Å². The summed E-state index contributed by atoms with van der Waals surface area (Å²) in [5.74, 6) is 1.57. The number of nitrogens with zero attached hydrogens (tertiary/aromatic N) is 1. The van der Waals surface area contributed by atoms with Crippen molar-refractivity contribution in [2.75, 3.05) is 45.9 Å². The van der Waals surface area contributed by atoms with Crippen molar-refractivity contribution in [3.05, 3.63) is 24.3 Å². The highest BCUT2D eigenvalue weighted by molar-refractivity contribution is 5.39. The number of hydrogen-bond donors (Lipinski definition) is 2. The van der Waals surface area contributed by atoms with Crippen molar-refractivity contribution in [3.63, 3.8) is 0 Å². The van der Waals surface area contributed by atoms with E-state index >= 15 is 0 Å². The molecular weight excluding hydrogens is 242 g/mol. The highest BCUT2D eigenvalue weighted by Gasteiger charge is 2.06. The van der Waals surface area contributed by atoms with Crippen LogP contribution >= 0.6 is 0 Å². The molecule has 0 aliphatic rings. The smallest absolute Gasteiger partial charge is 0.161 e. The third kappa shape index (κ3) is 5.92. The lowest BCUT2D eigenvalue weighted by molar-refractivity contribution is 0.208. The Morgan fingerprint density at radius 2 is 1.53 bits per heavy atom. The summed E-state index contributed by atoms with van der Waals surface area (Å²) in [4.78, 5) is 2.20. The zero-order valence-corrected chi connectivity index (χ0v) is 11.7. The van der Waals surface area contributed by atoms with E-state index in [9.17, 15) is 0 Å². The van der Waals surface area contributed by atoms with Crippen molar-refractivity contribution in [1.82, 2.24) is 4.90 Å². The van der Waals surface area contributed by atoms with Crippen LogP contribution in [0.15, 0.2) is 24.3 Å². The Morgan fingerprint density at radius 1 is 0.947 bits per heavy atom. The predicted octanol–water partition coefficient (Wildman–Crippen LogP) is 0.684. The Kier molecular flexibility index (Phi) is 7.97. The first-order chi connectivity index (χ1) is 9.31. The lowest BCUT2D eigenvalue weighted by Gasteiger charge is -2.21. The van der Waals surface area contributed by atoms with Crippen molar-refractivity contribution in [1.29, 1.82) is 0 Å². The van der Waals surface area contributed by atoms with Crippen LogP contribution in [0.5, 0.6) is 11.5 Å². The van der Waals surface area contributed by atoms with E-state index in [-0.39, 0.29) is 0 Å². The van der Waals surface area contributed by atoms with Gasteiger partial charge in [-0.3, -0.25) is 4.90 Å². The highest BCUT2D eigenvalue weighted by atomic mass is 16.5. The molecule has 1 aromatic rings. The van der Waals surface area contributed by atoms with Crippen molar-refractivity contribution in [2.45, 2.75) is 6.92 Å². The van der Waals surface area contributed by atoms with Gasteiger partial charge in [-0.2, -0.15) is 0 Å². The van der Waals surface area contributed by atoms with Crippen LogP contribution in [0.3, 0.4) is 0 Å². The van der Waals surface area contributed by atoms with Gasteiger partial charge in [0.15, 0.2) is 11.5 Å². The molecule has 0 saturated heterocycles. The summed E-state index contributed by atoms with van der Waals surface area (Å²) in [5.41, 5.74) is 11.1. The molecule has 0 aliphatic carbocycles. The highest BCUT2D eigenvalue weighted by Crippen LogP contribution is 2.26. The molecule has 0 bridgehead atoms. The van der Waals surface area contributed by atoms with Gasteiger partial charge in [-0.15, -0.1) is 0 Å². The van der Waals surface area contributed by atoms with Gasteiger partial charge in [0.1, 0.15) is 6.61 Å². The molecule has 0 saturated carbocycles. The van der Waals surface area contributed by atoms with Crippen molar-refractivity contribution >= 4 is 0 Å². The molecule has 5 heteroatoms. The summed E-state index contributed by atoms with van der Waals surface area (Å²) in [7, 11) is 0. The van der Waals surface area contributed by atoms with Crippen LogP contribution < -0.4 is 20.9 Å². The molecule has 4 N–H and O–H groups in total. The van der Waals surface area contributed by atoms with Gasteiger partial charge in [0.25, 0.3) is 0 Å². The van der Waals surface area contributed by atoms with E-state index in [1.54, 1.807) is 0 Å². The first-order valence-electron chi connectivity index (χ1n) is 6.79. The van der Waals surface area contributed by atoms with Crippen LogP contribution in [0.25, 0.3) is 0 Å². The molecule has 0 aromatic heterocycles. The number of rotatable bonds is 10. The second-order valence-corrected chi connectivity index (χ2v) is 4.15.